The highest BCUT2D eigenvalue weighted by Crippen LogP contribution is 2.19. The fourth-order valence-corrected chi connectivity index (χ4v) is 3.10. The highest BCUT2D eigenvalue weighted by molar-refractivity contribution is 6.04. The van der Waals surface area contributed by atoms with Crippen LogP contribution in [-0.4, -0.2) is 35.5 Å². The molecule has 1 fully saturated rings. The fourth-order valence-electron chi connectivity index (χ4n) is 3.10. The Morgan fingerprint density at radius 2 is 1.96 bits per heavy atom. The van der Waals surface area contributed by atoms with Crippen molar-refractivity contribution in [2.75, 3.05) is 29.4 Å². The Morgan fingerprint density at radius 3 is 2.58 bits per heavy atom. The lowest BCUT2D eigenvalue weighted by molar-refractivity contribution is 0.0983. The molecule has 24 heavy (non-hydrogen) atoms. The minimum Gasteiger partial charge on any atom is -0.355 e. The molecule has 0 bridgehead atoms. The second kappa shape index (κ2) is 7.43. The van der Waals surface area contributed by atoms with Gasteiger partial charge in [0.1, 0.15) is 11.5 Å². The molecule has 0 N–H and O–H groups in total. The molecule has 0 radical (unpaired) electrons. The van der Waals surface area contributed by atoms with Gasteiger partial charge in [0.05, 0.1) is 12.4 Å². The number of carbonyl (C=O) groups excluding carboxylic acids is 1. The van der Waals surface area contributed by atoms with E-state index in [2.05, 4.69) is 14.9 Å². The average molecular weight is 324 g/mol. The molecule has 3 rings (SSSR count). The molecule has 5 nitrogen and oxygen atoms in total. The van der Waals surface area contributed by atoms with Crippen LogP contribution in [0, 0.1) is 6.92 Å². The minimum absolute atomic E-state index is 0.110. The van der Waals surface area contributed by atoms with Gasteiger partial charge in [0, 0.05) is 25.3 Å². The van der Waals surface area contributed by atoms with Gasteiger partial charge in [0.15, 0.2) is 0 Å². The molecule has 1 aromatic heterocycles. The first-order valence-corrected chi connectivity index (χ1v) is 8.64. The number of rotatable bonds is 4. The largest absolute Gasteiger partial charge is 0.355 e. The molecule has 1 saturated heterocycles. The van der Waals surface area contributed by atoms with E-state index in [0.29, 0.717) is 12.2 Å². The summed E-state index contributed by atoms with van der Waals surface area (Å²) in [5.41, 5.74) is 2.41. The fraction of sp³-hybridized carbons (Fsp3) is 0.421. The Morgan fingerprint density at radius 1 is 1.17 bits per heavy atom. The summed E-state index contributed by atoms with van der Waals surface area (Å²) in [7, 11) is 0. The molecule has 0 unspecified atom stereocenters. The van der Waals surface area contributed by atoms with Gasteiger partial charge in [-0.3, -0.25) is 4.79 Å². The van der Waals surface area contributed by atoms with Crippen LogP contribution >= 0.6 is 0 Å². The lowest BCUT2D eigenvalue weighted by atomic mass is 10.1. The Kier molecular flexibility index (Phi) is 5.08. The number of nitrogens with zero attached hydrogens (tertiary/aromatic N) is 4. The number of anilines is 2. The Bertz CT molecular complexity index is 693. The first-order chi connectivity index (χ1) is 11.7. The molecule has 0 spiro atoms. The quantitative estimate of drug-likeness (QED) is 0.864. The first-order valence-electron chi connectivity index (χ1n) is 8.64. The van der Waals surface area contributed by atoms with Gasteiger partial charge in [-0.25, -0.2) is 9.97 Å². The summed E-state index contributed by atoms with van der Waals surface area (Å²) in [5.74, 6) is 0.755. The number of hydrogen-bond acceptors (Lipinski definition) is 4. The maximum atomic E-state index is 12.8. The van der Waals surface area contributed by atoms with Gasteiger partial charge >= 0.3 is 0 Å². The van der Waals surface area contributed by atoms with Gasteiger partial charge in [0.25, 0.3) is 5.91 Å². The van der Waals surface area contributed by atoms with Gasteiger partial charge in [-0.15, -0.1) is 0 Å². The molecule has 0 aliphatic carbocycles. The second-order valence-electron chi connectivity index (χ2n) is 6.20. The third-order valence-corrected chi connectivity index (χ3v) is 4.41. The predicted octanol–water partition coefficient (Wildman–Crippen LogP) is 3.44. The van der Waals surface area contributed by atoms with Gasteiger partial charge in [0.2, 0.25) is 0 Å². The summed E-state index contributed by atoms with van der Waals surface area (Å²) in [6.07, 6.45) is 6.99. The monoisotopic (exact) mass is 324 g/mol. The zero-order valence-corrected chi connectivity index (χ0v) is 14.4. The van der Waals surface area contributed by atoms with Crippen LogP contribution in [0.1, 0.15) is 42.2 Å². The normalized spacial score (nSPS) is 14.5. The van der Waals surface area contributed by atoms with Gasteiger partial charge < -0.3 is 9.80 Å². The van der Waals surface area contributed by atoms with E-state index < -0.39 is 0 Å². The molecule has 0 atom stereocenters. The minimum atomic E-state index is -0.110. The number of carbonyl (C=O) groups is 1. The van der Waals surface area contributed by atoms with Crippen molar-refractivity contribution in [3.05, 3.63) is 47.9 Å². The number of hydrogen-bond donors (Lipinski definition) is 0. The van der Waals surface area contributed by atoms with Crippen molar-refractivity contribution in [1.82, 2.24) is 9.97 Å². The Balaban J connectivity index is 1.78. The van der Waals surface area contributed by atoms with Crippen LogP contribution in [0.25, 0.3) is 0 Å². The van der Waals surface area contributed by atoms with E-state index in [1.807, 2.05) is 38.1 Å². The zero-order valence-electron chi connectivity index (χ0n) is 14.4. The van der Waals surface area contributed by atoms with E-state index in [9.17, 15) is 4.79 Å². The average Bonchev–Trinajstić information content (AvgIpc) is 2.63. The van der Waals surface area contributed by atoms with E-state index >= 15 is 0 Å². The second-order valence-corrected chi connectivity index (χ2v) is 6.20. The molecule has 5 heteroatoms. The van der Waals surface area contributed by atoms with E-state index in [1.165, 1.54) is 19.3 Å². The van der Waals surface area contributed by atoms with Crippen molar-refractivity contribution in [1.29, 1.82) is 0 Å². The molecular formula is C19H24N4O. The SMILES string of the molecule is CCN(C(=O)c1cnc(N2CCCCC2)cn1)c1cccc(C)c1. The summed E-state index contributed by atoms with van der Waals surface area (Å²) in [4.78, 5) is 25.6. The lowest BCUT2D eigenvalue weighted by Crippen LogP contribution is -2.32. The van der Waals surface area contributed by atoms with Crippen molar-refractivity contribution in [2.45, 2.75) is 33.1 Å². The smallest absolute Gasteiger partial charge is 0.278 e. The van der Waals surface area contributed by atoms with Crippen LogP contribution in [0.3, 0.4) is 0 Å². The summed E-state index contributed by atoms with van der Waals surface area (Å²) in [5, 5.41) is 0. The molecule has 2 heterocycles. The standard InChI is InChI=1S/C19H24N4O/c1-3-23(16-9-7-8-15(2)12-16)19(24)17-13-21-18(14-20-17)22-10-5-4-6-11-22/h7-9,12-14H,3-6,10-11H2,1-2H3. The number of piperidine rings is 1. The summed E-state index contributed by atoms with van der Waals surface area (Å²) < 4.78 is 0. The van der Waals surface area contributed by atoms with Crippen LogP contribution in [0.2, 0.25) is 0 Å². The van der Waals surface area contributed by atoms with Crippen molar-refractivity contribution in [2.24, 2.45) is 0 Å². The number of amides is 1. The van der Waals surface area contributed by atoms with Crippen molar-refractivity contribution in [3.8, 4) is 0 Å². The highest BCUT2D eigenvalue weighted by Gasteiger charge is 2.19. The maximum Gasteiger partial charge on any atom is 0.278 e. The molecule has 1 aliphatic heterocycles. The van der Waals surface area contributed by atoms with E-state index in [4.69, 9.17) is 0 Å². The van der Waals surface area contributed by atoms with Crippen LogP contribution in [0.15, 0.2) is 36.7 Å². The maximum absolute atomic E-state index is 12.8. The van der Waals surface area contributed by atoms with E-state index in [0.717, 1.165) is 30.2 Å². The number of aromatic nitrogens is 2. The Hall–Kier alpha value is -2.43. The van der Waals surface area contributed by atoms with Gasteiger partial charge in [-0.05, 0) is 50.8 Å². The molecule has 1 amide bonds. The zero-order chi connectivity index (χ0) is 16.9. The summed E-state index contributed by atoms with van der Waals surface area (Å²) >= 11 is 0. The first kappa shape index (κ1) is 16.4. The van der Waals surface area contributed by atoms with Crippen LogP contribution in [-0.2, 0) is 0 Å². The molecule has 126 valence electrons. The van der Waals surface area contributed by atoms with Crippen molar-refractivity contribution >= 4 is 17.4 Å². The Labute approximate surface area is 143 Å². The predicted molar refractivity (Wildman–Crippen MR) is 96.6 cm³/mol. The van der Waals surface area contributed by atoms with Crippen LogP contribution in [0.5, 0.6) is 0 Å². The van der Waals surface area contributed by atoms with Crippen molar-refractivity contribution < 1.29 is 4.79 Å². The van der Waals surface area contributed by atoms with Crippen LogP contribution < -0.4 is 9.80 Å². The van der Waals surface area contributed by atoms with Crippen LogP contribution in [0.4, 0.5) is 11.5 Å². The summed E-state index contributed by atoms with van der Waals surface area (Å²) in [6.45, 7) is 6.63. The molecule has 1 aromatic carbocycles. The van der Waals surface area contributed by atoms with E-state index in [1.54, 1.807) is 17.3 Å². The van der Waals surface area contributed by atoms with Gasteiger partial charge in [-0.1, -0.05) is 12.1 Å². The van der Waals surface area contributed by atoms with E-state index in [-0.39, 0.29) is 5.91 Å². The van der Waals surface area contributed by atoms with Crippen molar-refractivity contribution in [3.63, 3.8) is 0 Å². The molecule has 0 saturated carbocycles. The molecular weight excluding hydrogens is 300 g/mol. The molecule has 2 aromatic rings. The topological polar surface area (TPSA) is 49.3 Å². The molecule has 1 aliphatic rings. The highest BCUT2D eigenvalue weighted by atomic mass is 16.2. The third kappa shape index (κ3) is 3.55. The summed E-state index contributed by atoms with van der Waals surface area (Å²) in [6, 6.07) is 7.95. The number of benzene rings is 1. The third-order valence-electron chi connectivity index (χ3n) is 4.41. The van der Waals surface area contributed by atoms with Gasteiger partial charge in [-0.2, -0.15) is 0 Å². The number of aryl methyl sites for hydroxylation is 1. The lowest BCUT2D eigenvalue weighted by Gasteiger charge is -2.27.